The summed E-state index contributed by atoms with van der Waals surface area (Å²) in [7, 11) is 2.02. The van der Waals surface area contributed by atoms with Crippen molar-refractivity contribution in [3.63, 3.8) is 0 Å². The molecule has 0 fully saturated rings. The molecule has 2 aromatic carbocycles. The zero-order valence-corrected chi connectivity index (χ0v) is 17.3. The van der Waals surface area contributed by atoms with Crippen molar-refractivity contribution in [1.29, 1.82) is 0 Å². The van der Waals surface area contributed by atoms with Gasteiger partial charge in [0.15, 0.2) is 6.61 Å². The summed E-state index contributed by atoms with van der Waals surface area (Å²) in [4.78, 5) is 14.7. The largest absolute Gasteiger partial charge is 0.483 e. The standard InChI is InChI=1S/C24H29N3O2/c1-18-15-26(2)21-9-5-10-22(24(18)21)29-17-23(28)25-12-6-13-27-14-11-19-7-3-4-8-20(19)16-27/h3-5,7-10,15H,6,11-14,16-17H2,1-2H3,(H,25,28). The van der Waals surface area contributed by atoms with E-state index in [-0.39, 0.29) is 12.5 Å². The lowest BCUT2D eigenvalue weighted by Gasteiger charge is -2.28. The first-order valence-electron chi connectivity index (χ1n) is 10.3. The highest BCUT2D eigenvalue weighted by molar-refractivity contribution is 5.90. The summed E-state index contributed by atoms with van der Waals surface area (Å²) in [5.74, 6) is 0.697. The van der Waals surface area contributed by atoms with Crippen molar-refractivity contribution in [2.75, 3.05) is 26.2 Å². The lowest BCUT2D eigenvalue weighted by Crippen LogP contribution is -2.35. The summed E-state index contributed by atoms with van der Waals surface area (Å²) < 4.78 is 7.91. The van der Waals surface area contributed by atoms with Crippen molar-refractivity contribution in [2.24, 2.45) is 7.05 Å². The van der Waals surface area contributed by atoms with Gasteiger partial charge in [0.1, 0.15) is 5.75 Å². The lowest BCUT2D eigenvalue weighted by molar-refractivity contribution is -0.123. The average molecular weight is 392 g/mol. The van der Waals surface area contributed by atoms with Gasteiger partial charge < -0.3 is 14.6 Å². The average Bonchev–Trinajstić information content (AvgIpc) is 3.04. The molecule has 0 spiro atoms. The monoisotopic (exact) mass is 391 g/mol. The maximum atomic E-state index is 12.2. The van der Waals surface area contributed by atoms with Crippen LogP contribution in [0.15, 0.2) is 48.7 Å². The van der Waals surface area contributed by atoms with Gasteiger partial charge in [0.2, 0.25) is 0 Å². The number of carbonyl (C=O) groups excluding carboxylic acids is 1. The van der Waals surface area contributed by atoms with E-state index in [1.807, 2.05) is 19.2 Å². The highest BCUT2D eigenvalue weighted by atomic mass is 16.5. The van der Waals surface area contributed by atoms with Gasteiger partial charge in [-0.1, -0.05) is 30.3 Å². The van der Waals surface area contributed by atoms with E-state index in [0.717, 1.165) is 54.7 Å². The fraction of sp³-hybridized carbons (Fsp3) is 0.375. The van der Waals surface area contributed by atoms with Gasteiger partial charge in [-0.05, 0) is 48.6 Å². The number of ether oxygens (including phenoxy) is 1. The number of aromatic nitrogens is 1. The first-order chi connectivity index (χ1) is 14.1. The van der Waals surface area contributed by atoms with Crippen LogP contribution in [0.2, 0.25) is 0 Å². The Morgan fingerprint density at radius 2 is 1.97 bits per heavy atom. The number of hydrogen-bond donors (Lipinski definition) is 1. The summed E-state index contributed by atoms with van der Waals surface area (Å²) in [6, 6.07) is 14.6. The Bertz CT molecular complexity index is 1010. The van der Waals surface area contributed by atoms with Crippen molar-refractivity contribution in [2.45, 2.75) is 26.3 Å². The molecule has 1 aliphatic heterocycles. The van der Waals surface area contributed by atoms with Crippen molar-refractivity contribution in [3.8, 4) is 5.75 Å². The molecule has 1 amide bonds. The van der Waals surface area contributed by atoms with Crippen LogP contribution < -0.4 is 10.1 Å². The molecule has 0 radical (unpaired) electrons. The van der Waals surface area contributed by atoms with Crippen LogP contribution in [0.3, 0.4) is 0 Å². The third-order valence-corrected chi connectivity index (χ3v) is 5.71. The van der Waals surface area contributed by atoms with E-state index in [2.05, 4.69) is 58.2 Å². The minimum atomic E-state index is -0.0698. The molecule has 0 unspecified atom stereocenters. The topological polar surface area (TPSA) is 46.5 Å². The minimum absolute atomic E-state index is 0.0462. The SMILES string of the molecule is Cc1cn(C)c2cccc(OCC(=O)NCCCN3CCc4ccccc4C3)c12. The predicted octanol–water partition coefficient (Wildman–Crippen LogP) is 3.43. The fourth-order valence-electron chi connectivity index (χ4n) is 4.22. The number of carbonyl (C=O) groups is 1. The quantitative estimate of drug-likeness (QED) is 0.628. The van der Waals surface area contributed by atoms with E-state index < -0.39 is 0 Å². The van der Waals surface area contributed by atoms with Crippen molar-refractivity contribution >= 4 is 16.8 Å². The second-order valence-electron chi connectivity index (χ2n) is 7.86. The van der Waals surface area contributed by atoms with Gasteiger partial charge in [-0.2, -0.15) is 0 Å². The van der Waals surface area contributed by atoms with Crippen LogP contribution in [0, 0.1) is 6.92 Å². The highest BCUT2D eigenvalue weighted by Crippen LogP contribution is 2.29. The highest BCUT2D eigenvalue weighted by Gasteiger charge is 2.15. The maximum Gasteiger partial charge on any atom is 0.257 e. The molecule has 0 saturated carbocycles. The van der Waals surface area contributed by atoms with Crippen LogP contribution >= 0.6 is 0 Å². The number of benzene rings is 2. The van der Waals surface area contributed by atoms with E-state index in [1.165, 1.54) is 11.1 Å². The second-order valence-corrected chi connectivity index (χ2v) is 7.86. The fourth-order valence-corrected chi connectivity index (χ4v) is 4.22. The second kappa shape index (κ2) is 8.70. The van der Waals surface area contributed by atoms with Gasteiger partial charge in [0.05, 0.1) is 5.52 Å². The number of rotatable bonds is 7. The molecule has 4 rings (SSSR count). The van der Waals surface area contributed by atoms with Crippen LogP contribution in [0.1, 0.15) is 23.1 Å². The van der Waals surface area contributed by atoms with E-state index >= 15 is 0 Å². The van der Waals surface area contributed by atoms with Crippen molar-refractivity contribution in [3.05, 3.63) is 65.4 Å². The Morgan fingerprint density at radius 1 is 1.14 bits per heavy atom. The minimum Gasteiger partial charge on any atom is -0.483 e. The third-order valence-electron chi connectivity index (χ3n) is 5.71. The summed E-state index contributed by atoms with van der Waals surface area (Å²) >= 11 is 0. The molecule has 5 heteroatoms. The number of nitrogens with one attached hydrogen (secondary N) is 1. The Balaban J connectivity index is 1.21. The number of hydrogen-bond acceptors (Lipinski definition) is 3. The molecular formula is C24H29N3O2. The molecule has 1 aliphatic rings. The first kappa shape index (κ1) is 19.5. The van der Waals surface area contributed by atoms with Gasteiger partial charge in [-0.3, -0.25) is 9.69 Å². The molecule has 5 nitrogen and oxygen atoms in total. The summed E-state index contributed by atoms with van der Waals surface area (Å²) in [6.07, 6.45) is 4.14. The normalized spacial score (nSPS) is 14.0. The summed E-state index contributed by atoms with van der Waals surface area (Å²) in [5, 5.41) is 4.06. The van der Waals surface area contributed by atoms with Crippen LogP contribution in [0.5, 0.6) is 5.75 Å². The Hall–Kier alpha value is -2.79. The van der Waals surface area contributed by atoms with Gasteiger partial charge >= 0.3 is 0 Å². The smallest absolute Gasteiger partial charge is 0.257 e. The van der Waals surface area contributed by atoms with Crippen LogP contribution in [0.25, 0.3) is 10.9 Å². The molecule has 0 saturated heterocycles. The molecule has 0 atom stereocenters. The van der Waals surface area contributed by atoms with Crippen LogP contribution in [-0.2, 0) is 24.8 Å². The third kappa shape index (κ3) is 4.46. The van der Waals surface area contributed by atoms with Gasteiger partial charge in [-0.15, -0.1) is 0 Å². The lowest BCUT2D eigenvalue weighted by atomic mass is 10.00. The number of amides is 1. The van der Waals surface area contributed by atoms with E-state index in [4.69, 9.17) is 4.74 Å². The van der Waals surface area contributed by atoms with Crippen LogP contribution in [-0.4, -0.2) is 41.6 Å². The van der Waals surface area contributed by atoms with Crippen LogP contribution in [0.4, 0.5) is 0 Å². The molecule has 0 bridgehead atoms. The molecule has 3 aromatic rings. The van der Waals surface area contributed by atoms with Crippen molar-refractivity contribution in [1.82, 2.24) is 14.8 Å². The number of aryl methyl sites for hydroxylation is 2. The van der Waals surface area contributed by atoms with E-state index in [0.29, 0.717) is 6.54 Å². The molecule has 0 aliphatic carbocycles. The molecule has 152 valence electrons. The molecular weight excluding hydrogens is 362 g/mol. The Morgan fingerprint density at radius 3 is 2.83 bits per heavy atom. The first-order valence-corrected chi connectivity index (χ1v) is 10.3. The molecule has 2 heterocycles. The van der Waals surface area contributed by atoms with Gasteiger partial charge in [0.25, 0.3) is 5.91 Å². The summed E-state index contributed by atoms with van der Waals surface area (Å²) in [5.41, 5.74) is 5.17. The number of fused-ring (bicyclic) bond motifs is 2. The maximum absolute atomic E-state index is 12.2. The predicted molar refractivity (Wildman–Crippen MR) is 116 cm³/mol. The van der Waals surface area contributed by atoms with Crippen molar-refractivity contribution < 1.29 is 9.53 Å². The molecule has 29 heavy (non-hydrogen) atoms. The Kier molecular flexibility index (Phi) is 5.86. The number of nitrogens with zero attached hydrogens (tertiary/aromatic N) is 2. The zero-order chi connectivity index (χ0) is 20.2. The van der Waals surface area contributed by atoms with E-state index in [9.17, 15) is 4.79 Å². The van der Waals surface area contributed by atoms with E-state index in [1.54, 1.807) is 0 Å². The Labute approximate surface area is 172 Å². The summed E-state index contributed by atoms with van der Waals surface area (Å²) in [6.45, 7) is 5.88. The molecule has 1 N–H and O–H groups in total. The van der Waals surface area contributed by atoms with Gasteiger partial charge in [0, 0.05) is 44.8 Å². The zero-order valence-electron chi connectivity index (χ0n) is 17.3. The molecule has 1 aromatic heterocycles. The van der Waals surface area contributed by atoms with Gasteiger partial charge in [-0.25, -0.2) is 0 Å².